The molecule has 2 aliphatic rings. The highest BCUT2D eigenvalue weighted by Gasteiger charge is 2.59. The third-order valence-electron chi connectivity index (χ3n) is 3.66. The lowest BCUT2D eigenvalue weighted by Gasteiger charge is -2.12. The zero-order valence-corrected chi connectivity index (χ0v) is 9.74. The zero-order chi connectivity index (χ0) is 11.4. The molecule has 94 valence electrons. The summed E-state index contributed by atoms with van der Waals surface area (Å²) < 4.78 is 37.1. The minimum atomic E-state index is -4.29. The summed E-state index contributed by atoms with van der Waals surface area (Å²) in [6.45, 7) is 1.80. The summed E-state index contributed by atoms with van der Waals surface area (Å²) in [4.78, 5) is 3.98. The summed E-state index contributed by atoms with van der Waals surface area (Å²) in [5, 5.41) is 3.24. The molecule has 3 rings (SSSR count). The van der Waals surface area contributed by atoms with Crippen LogP contribution in [0.4, 0.5) is 13.2 Å². The Morgan fingerprint density at radius 1 is 1.35 bits per heavy atom. The molecule has 0 unspecified atom stereocenters. The summed E-state index contributed by atoms with van der Waals surface area (Å²) in [7, 11) is 0. The molecule has 0 amide bonds. The highest BCUT2D eigenvalue weighted by Crippen LogP contribution is 2.55. The average molecular weight is 265 g/mol. The number of hydrogen-bond donors (Lipinski definition) is 1. The smallest absolute Gasteiger partial charge is 0.315 e. The summed E-state index contributed by atoms with van der Waals surface area (Å²) in [5.41, 5.74) is 0.163. The first-order chi connectivity index (χ1) is 7.52. The Kier molecular flexibility index (Phi) is 2.86. The summed E-state index contributed by atoms with van der Waals surface area (Å²) in [5.74, 6) is 0.566. The number of hydrogen-bond acceptors (Lipinski definition) is 2. The molecule has 1 aliphatic heterocycles. The fourth-order valence-corrected chi connectivity index (χ4v) is 2.59. The van der Waals surface area contributed by atoms with Crippen molar-refractivity contribution in [1.82, 2.24) is 10.3 Å². The molecule has 1 aliphatic carbocycles. The van der Waals surface area contributed by atoms with Crippen molar-refractivity contribution in [1.29, 1.82) is 0 Å². The number of pyridine rings is 1. The molecule has 0 radical (unpaired) electrons. The van der Waals surface area contributed by atoms with E-state index in [4.69, 9.17) is 0 Å². The van der Waals surface area contributed by atoms with E-state index in [2.05, 4.69) is 10.3 Å². The van der Waals surface area contributed by atoms with Crippen molar-refractivity contribution >= 4 is 12.4 Å². The van der Waals surface area contributed by atoms with Crippen molar-refractivity contribution in [2.75, 3.05) is 13.1 Å². The van der Waals surface area contributed by atoms with Gasteiger partial charge >= 0.3 is 6.18 Å². The predicted octanol–water partition coefficient (Wildman–Crippen LogP) is 2.38. The van der Waals surface area contributed by atoms with Crippen LogP contribution in [-0.4, -0.2) is 18.1 Å². The SMILES string of the molecule is Cl.FC(F)(F)c1ccc([C@]23CNC[C@H]2C3)nc1. The van der Waals surface area contributed by atoms with Crippen LogP contribution in [0.3, 0.4) is 0 Å². The van der Waals surface area contributed by atoms with E-state index in [0.717, 1.165) is 37.5 Å². The largest absolute Gasteiger partial charge is 0.417 e. The first-order valence-corrected chi connectivity index (χ1v) is 5.27. The Labute approximate surface area is 103 Å². The van der Waals surface area contributed by atoms with Gasteiger partial charge in [0, 0.05) is 23.9 Å². The van der Waals surface area contributed by atoms with Crippen molar-refractivity contribution in [2.24, 2.45) is 5.92 Å². The van der Waals surface area contributed by atoms with E-state index in [-0.39, 0.29) is 17.8 Å². The standard InChI is InChI=1S/C11H11F3N2.ClH/c12-11(13,14)7-1-2-9(16-5-7)10-3-8(10)4-15-6-10;/h1-2,5,8,15H,3-4,6H2;1H/t8-,10-;/m1./s1. The molecule has 17 heavy (non-hydrogen) atoms. The van der Waals surface area contributed by atoms with Gasteiger partial charge in [0.2, 0.25) is 0 Å². The molecule has 0 bridgehead atoms. The fourth-order valence-electron chi connectivity index (χ4n) is 2.59. The van der Waals surface area contributed by atoms with Crippen LogP contribution >= 0.6 is 12.4 Å². The van der Waals surface area contributed by atoms with Crippen LogP contribution in [0.15, 0.2) is 18.3 Å². The molecule has 2 atom stereocenters. The molecule has 1 aromatic rings. The van der Waals surface area contributed by atoms with E-state index < -0.39 is 11.7 Å². The van der Waals surface area contributed by atoms with Gasteiger partial charge < -0.3 is 5.32 Å². The molecule has 1 saturated carbocycles. The Balaban J connectivity index is 0.00000108. The number of nitrogens with zero attached hydrogens (tertiary/aromatic N) is 1. The number of halogens is 4. The van der Waals surface area contributed by atoms with Crippen LogP contribution in [0, 0.1) is 5.92 Å². The van der Waals surface area contributed by atoms with E-state index in [1.54, 1.807) is 0 Å². The molecule has 6 heteroatoms. The van der Waals surface area contributed by atoms with Crippen LogP contribution in [0.5, 0.6) is 0 Å². The van der Waals surface area contributed by atoms with Gasteiger partial charge in [-0.05, 0) is 31.0 Å². The van der Waals surface area contributed by atoms with E-state index in [1.807, 2.05) is 0 Å². The van der Waals surface area contributed by atoms with Gasteiger partial charge in [0.05, 0.1) is 5.56 Å². The zero-order valence-electron chi connectivity index (χ0n) is 8.92. The van der Waals surface area contributed by atoms with E-state index >= 15 is 0 Å². The van der Waals surface area contributed by atoms with Crippen LogP contribution < -0.4 is 5.32 Å². The van der Waals surface area contributed by atoms with Gasteiger partial charge in [0.1, 0.15) is 0 Å². The van der Waals surface area contributed by atoms with Crippen molar-refractivity contribution in [3.8, 4) is 0 Å². The second-order valence-electron chi connectivity index (χ2n) is 4.62. The Hall–Kier alpha value is -0.810. The molecule has 1 aromatic heterocycles. The molecular formula is C11H12ClF3N2. The summed E-state index contributed by atoms with van der Waals surface area (Å²) in [6, 6.07) is 2.65. The third kappa shape index (κ3) is 1.91. The number of nitrogens with one attached hydrogen (secondary N) is 1. The number of fused-ring (bicyclic) bond motifs is 1. The second-order valence-corrected chi connectivity index (χ2v) is 4.62. The minimum Gasteiger partial charge on any atom is -0.315 e. The Morgan fingerprint density at radius 2 is 2.12 bits per heavy atom. The highest BCUT2D eigenvalue weighted by molar-refractivity contribution is 5.85. The molecule has 1 N–H and O–H groups in total. The Morgan fingerprint density at radius 3 is 2.53 bits per heavy atom. The van der Waals surface area contributed by atoms with Gasteiger partial charge in [-0.15, -0.1) is 12.4 Å². The van der Waals surface area contributed by atoms with Crippen LogP contribution in [0.2, 0.25) is 0 Å². The molecule has 1 saturated heterocycles. The maximum atomic E-state index is 12.4. The average Bonchev–Trinajstić information content (AvgIpc) is 2.81. The lowest BCUT2D eigenvalue weighted by atomic mass is 10.0. The molecule has 2 fully saturated rings. The van der Waals surface area contributed by atoms with Crippen LogP contribution in [0.25, 0.3) is 0 Å². The monoisotopic (exact) mass is 264 g/mol. The maximum absolute atomic E-state index is 12.4. The first-order valence-electron chi connectivity index (χ1n) is 5.27. The van der Waals surface area contributed by atoms with E-state index in [0.29, 0.717) is 5.92 Å². The summed E-state index contributed by atoms with van der Waals surface area (Å²) in [6.07, 6.45) is -2.30. The number of rotatable bonds is 1. The molecule has 2 nitrogen and oxygen atoms in total. The lowest BCUT2D eigenvalue weighted by Crippen LogP contribution is -2.20. The number of aromatic nitrogens is 1. The van der Waals surface area contributed by atoms with Crippen LogP contribution in [0.1, 0.15) is 17.7 Å². The third-order valence-corrected chi connectivity index (χ3v) is 3.66. The number of piperidine rings is 1. The number of alkyl halides is 3. The quantitative estimate of drug-likeness (QED) is 0.842. The van der Waals surface area contributed by atoms with Gasteiger partial charge in [-0.25, -0.2) is 0 Å². The normalized spacial score (nSPS) is 30.6. The van der Waals surface area contributed by atoms with Gasteiger partial charge in [0.25, 0.3) is 0 Å². The summed E-state index contributed by atoms with van der Waals surface area (Å²) >= 11 is 0. The molecular weight excluding hydrogens is 253 g/mol. The van der Waals surface area contributed by atoms with E-state index in [1.165, 1.54) is 6.07 Å². The van der Waals surface area contributed by atoms with Gasteiger partial charge in [-0.2, -0.15) is 13.2 Å². The van der Waals surface area contributed by atoms with Gasteiger partial charge in [0.15, 0.2) is 0 Å². The Bertz CT molecular complexity index is 418. The second kappa shape index (κ2) is 3.85. The topological polar surface area (TPSA) is 24.9 Å². The van der Waals surface area contributed by atoms with Gasteiger partial charge in [-0.1, -0.05) is 0 Å². The van der Waals surface area contributed by atoms with Crippen molar-refractivity contribution in [2.45, 2.75) is 18.0 Å². The predicted molar refractivity (Wildman–Crippen MR) is 59.1 cm³/mol. The van der Waals surface area contributed by atoms with Crippen LogP contribution in [-0.2, 0) is 11.6 Å². The maximum Gasteiger partial charge on any atom is 0.417 e. The minimum absolute atomic E-state index is 0. The molecule has 0 spiro atoms. The van der Waals surface area contributed by atoms with Crippen molar-refractivity contribution in [3.63, 3.8) is 0 Å². The van der Waals surface area contributed by atoms with Crippen molar-refractivity contribution < 1.29 is 13.2 Å². The molecule has 2 heterocycles. The van der Waals surface area contributed by atoms with Gasteiger partial charge in [-0.3, -0.25) is 4.98 Å². The lowest BCUT2D eigenvalue weighted by molar-refractivity contribution is -0.137. The fraction of sp³-hybridized carbons (Fsp3) is 0.545. The highest BCUT2D eigenvalue weighted by atomic mass is 35.5. The molecule has 0 aromatic carbocycles. The van der Waals surface area contributed by atoms with Crippen molar-refractivity contribution in [3.05, 3.63) is 29.6 Å². The first kappa shape index (κ1) is 12.6. The van der Waals surface area contributed by atoms with E-state index in [9.17, 15) is 13.2 Å².